The summed E-state index contributed by atoms with van der Waals surface area (Å²) in [6.45, 7) is 4.05. The monoisotopic (exact) mass is 310 g/mol. The van der Waals surface area contributed by atoms with Crippen molar-refractivity contribution in [3.8, 4) is 0 Å². The van der Waals surface area contributed by atoms with Crippen molar-refractivity contribution in [3.63, 3.8) is 0 Å². The summed E-state index contributed by atoms with van der Waals surface area (Å²) < 4.78 is 0.940. The molecule has 2 rings (SSSR count). The minimum Gasteiger partial charge on any atom is -0.319 e. The van der Waals surface area contributed by atoms with Gasteiger partial charge in [-0.2, -0.15) is 0 Å². The van der Waals surface area contributed by atoms with Gasteiger partial charge in [-0.15, -0.1) is 0 Å². The van der Waals surface area contributed by atoms with Crippen LogP contribution in [-0.2, 0) is 10.3 Å². The Bertz CT molecular complexity index is 484. The fourth-order valence-corrected chi connectivity index (χ4v) is 2.57. The summed E-state index contributed by atoms with van der Waals surface area (Å²) in [5, 5.41) is 5.09. The number of nitrogens with one attached hydrogen (secondary N) is 2. The van der Waals surface area contributed by atoms with Crippen LogP contribution in [0.4, 0.5) is 4.79 Å². The first-order chi connectivity index (χ1) is 8.44. The average Bonchev–Trinajstić information content (AvgIpc) is 2.54. The van der Waals surface area contributed by atoms with Crippen LogP contribution >= 0.6 is 15.9 Å². The van der Waals surface area contributed by atoms with Gasteiger partial charge < -0.3 is 5.32 Å². The van der Waals surface area contributed by atoms with E-state index in [2.05, 4.69) is 26.6 Å². The number of carbonyl (C=O) groups excluding carboxylic acids is 2. The van der Waals surface area contributed by atoms with Crippen molar-refractivity contribution in [2.75, 3.05) is 0 Å². The van der Waals surface area contributed by atoms with E-state index in [4.69, 9.17) is 0 Å². The topological polar surface area (TPSA) is 58.2 Å². The molecule has 1 fully saturated rings. The Morgan fingerprint density at radius 3 is 2.28 bits per heavy atom. The molecule has 0 aromatic heterocycles. The van der Waals surface area contributed by atoms with E-state index in [1.165, 1.54) is 0 Å². The smallest absolute Gasteiger partial charge is 0.319 e. The van der Waals surface area contributed by atoms with E-state index in [9.17, 15) is 9.59 Å². The van der Waals surface area contributed by atoms with Gasteiger partial charge in [-0.25, -0.2) is 4.79 Å². The number of carbonyl (C=O) groups is 2. The largest absolute Gasteiger partial charge is 0.322 e. The molecule has 0 aliphatic carbocycles. The van der Waals surface area contributed by atoms with Crippen LogP contribution < -0.4 is 10.6 Å². The van der Waals surface area contributed by atoms with E-state index in [1.807, 2.05) is 38.1 Å². The SMILES string of the molecule is CC(C)CC1(c2ccc(Br)cc2)NC(=O)NC1=O. The second-order valence-electron chi connectivity index (χ2n) is 4.92. The highest BCUT2D eigenvalue weighted by Crippen LogP contribution is 2.32. The number of amides is 3. The summed E-state index contributed by atoms with van der Waals surface area (Å²) in [5.74, 6) is 0.0151. The number of hydrogen-bond acceptors (Lipinski definition) is 2. The van der Waals surface area contributed by atoms with Gasteiger partial charge in [0.25, 0.3) is 5.91 Å². The fraction of sp³-hybridized carbons (Fsp3) is 0.385. The highest BCUT2D eigenvalue weighted by molar-refractivity contribution is 9.10. The van der Waals surface area contributed by atoms with Crippen LogP contribution in [0, 0.1) is 5.92 Å². The zero-order valence-corrected chi connectivity index (χ0v) is 11.9. The molecule has 1 atom stereocenters. The molecule has 1 aromatic rings. The lowest BCUT2D eigenvalue weighted by Gasteiger charge is -2.28. The van der Waals surface area contributed by atoms with Crippen LogP contribution in [0.5, 0.6) is 0 Å². The van der Waals surface area contributed by atoms with Gasteiger partial charge in [-0.3, -0.25) is 10.1 Å². The maximum atomic E-state index is 12.1. The Morgan fingerprint density at radius 2 is 1.83 bits per heavy atom. The number of benzene rings is 1. The summed E-state index contributed by atoms with van der Waals surface area (Å²) in [5.41, 5.74) is -0.130. The number of halogens is 1. The van der Waals surface area contributed by atoms with Crippen molar-refractivity contribution in [1.29, 1.82) is 0 Å². The first kappa shape index (κ1) is 13.1. The van der Waals surface area contributed by atoms with Crippen LogP contribution in [0.25, 0.3) is 0 Å². The standard InChI is InChI=1S/C13H15BrN2O2/c1-8(2)7-13(11(17)15-12(18)16-13)9-3-5-10(14)6-4-9/h3-6,8H,7H2,1-2H3,(H2,15,16,17,18). The Labute approximate surface area is 114 Å². The highest BCUT2D eigenvalue weighted by Gasteiger charge is 2.47. The van der Waals surface area contributed by atoms with E-state index in [0.29, 0.717) is 6.42 Å². The molecule has 1 aromatic carbocycles. The van der Waals surface area contributed by atoms with Crippen molar-refractivity contribution in [2.45, 2.75) is 25.8 Å². The minimum absolute atomic E-state index is 0.275. The number of imide groups is 1. The molecule has 1 heterocycles. The molecule has 0 spiro atoms. The van der Waals surface area contributed by atoms with Crippen molar-refractivity contribution >= 4 is 27.9 Å². The second-order valence-corrected chi connectivity index (χ2v) is 5.83. The van der Waals surface area contributed by atoms with Crippen molar-refractivity contribution in [3.05, 3.63) is 34.3 Å². The third-order valence-corrected chi connectivity index (χ3v) is 3.52. The summed E-state index contributed by atoms with van der Waals surface area (Å²) in [6.07, 6.45) is 0.576. The zero-order valence-electron chi connectivity index (χ0n) is 10.3. The lowest BCUT2D eigenvalue weighted by Crippen LogP contribution is -2.44. The number of urea groups is 1. The van der Waals surface area contributed by atoms with Crippen LogP contribution in [0.2, 0.25) is 0 Å². The van der Waals surface area contributed by atoms with Crippen molar-refractivity contribution in [1.82, 2.24) is 10.6 Å². The molecular formula is C13H15BrN2O2. The molecule has 96 valence electrons. The molecule has 5 heteroatoms. The zero-order chi connectivity index (χ0) is 13.3. The van der Waals surface area contributed by atoms with Crippen LogP contribution in [0.3, 0.4) is 0 Å². The summed E-state index contributed by atoms with van der Waals surface area (Å²) in [4.78, 5) is 23.6. The van der Waals surface area contributed by atoms with E-state index >= 15 is 0 Å². The molecule has 4 nitrogen and oxygen atoms in total. The molecule has 1 aliphatic rings. The molecule has 18 heavy (non-hydrogen) atoms. The molecule has 0 saturated carbocycles. The lowest BCUT2D eigenvalue weighted by atomic mass is 9.82. The van der Waals surface area contributed by atoms with E-state index in [1.54, 1.807) is 0 Å². The molecule has 1 saturated heterocycles. The van der Waals surface area contributed by atoms with Crippen LogP contribution in [0.1, 0.15) is 25.8 Å². The summed E-state index contributed by atoms with van der Waals surface area (Å²) in [7, 11) is 0. The highest BCUT2D eigenvalue weighted by atomic mass is 79.9. The van der Waals surface area contributed by atoms with Gasteiger partial charge in [0.05, 0.1) is 0 Å². The Balaban J connectivity index is 2.45. The third-order valence-electron chi connectivity index (χ3n) is 2.99. The van der Waals surface area contributed by atoms with Crippen LogP contribution in [0.15, 0.2) is 28.7 Å². The average molecular weight is 311 g/mol. The summed E-state index contributed by atoms with van der Waals surface area (Å²) in [6, 6.07) is 7.03. The predicted molar refractivity (Wildman–Crippen MR) is 71.9 cm³/mol. The van der Waals surface area contributed by atoms with Gasteiger partial charge in [0.1, 0.15) is 5.54 Å². The first-order valence-electron chi connectivity index (χ1n) is 5.84. The second kappa shape index (κ2) is 4.72. The van der Waals surface area contributed by atoms with Crippen molar-refractivity contribution < 1.29 is 9.59 Å². The molecule has 1 unspecified atom stereocenters. The predicted octanol–water partition coefficient (Wildman–Crippen LogP) is 2.53. The molecule has 1 aliphatic heterocycles. The normalized spacial score (nSPS) is 23.1. The Kier molecular flexibility index (Phi) is 3.43. The van der Waals surface area contributed by atoms with E-state index in [-0.39, 0.29) is 11.8 Å². The third kappa shape index (κ3) is 2.27. The summed E-state index contributed by atoms with van der Waals surface area (Å²) >= 11 is 3.36. The van der Waals surface area contributed by atoms with Crippen LogP contribution in [-0.4, -0.2) is 11.9 Å². The molecule has 0 bridgehead atoms. The Hall–Kier alpha value is -1.36. The van der Waals surface area contributed by atoms with E-state index < -0.39 is 11.6 Å². The molecule has 2 N–H and O–H groups in total. The van der Waals surface area contributed by atoms with Gasteiger partial charge in [0.15, 0.2) is 0 Å². The first-order valence-corrected chi connectivity index (χ1v) is 6.63. The van der Waals surface area contributed by atoms with Gasteiger partial charge >= 0.3 is 6.03 Å². The maximum absolute atomic E-state index is 12.1. The quantitative estimate of drug-likeness (QED) is 0.843. The van der Waals surface area contributed by atoms with Gasteiger partial charge in [0, 0.05) is 4.47 Å². The fourth-order valence-electron chi connectivity index (χ4n) is 2.30. The van der Waals surface area contributed by atoms with Gasteiger partial charge in [-0.05, 0) is 30.0 Å². The van der Waals surface area contributed by atoms with Gasteiger partial charge in [0.2, 0.25) is 0 Å². The Morgan fingerprint density at radius 1 is 1.22 bits per heavy atom. The van der Waals surface area contributed by atoms with Crippen molar-refractivity contribution in [2.24, 2.45) is 5.92 Å². The molecule has 0 radical (unpaired) electrons. The molecule has 3 amide bonds. The maximum Gasteiger partial charge on any atom is 0.322 e. The number of rotatable bonds is 3. The van der Waals surface area contributed by atoms with Gasteiger partial charge in [-0.1, -0.05) is 41.9 Å². The lowest BCUT2D eigenvalue weighted by molar-refractivity contribution is -0.124. The molecular weight excluding hydrogens is 296 g/mol. The van der Waals surface area contributed by atoms with E-state index in [0.717, 1.165) is 10.0 Å². The minimum atomic E-state index is -0.939. The number of hydrogen-bond donors (Lipinski definition) is 2.